The monoisotopic (exact) mass is 517 g/mol. The van der Waals surface area contributed by atoms with Gasteiger partial charge in [0.2, 0.25) is 5.91 Å². The average molecular weight is 518 g/mol. The molecule has 2 N–H and O–H groups in total. The number of nitrogens with one attached hydrogen (secondary N) is 2. The van der Waals surface area contributed by atoms with Gasteiger partial charge in [0.25, 0.3) is 5.91 Å². The largest absolute Gasteiger partial charge is 0.444 e. The summed E-state index contributed by atoms with van der Waals surface area (Å²) in [6.07, 6.45) is 0.878. The Morgan fingerprint density at radius 3 is 2.34 bits per heavy atom. The Kier molecular flexibility index (Phi) is 9.50. The molecule has 3 aromatic carbocycles. The van der Waals surface area contributed by atoms with Gasteiger partial charge in [0.05, 0.1) is 0 Å². The highest BCUT2D eigenvalue weighted by Crippen LogP contribution is 2.28. The highest BCUT2D eigenvalue weighted by Gasteiger charge is 2.33. The molecular weight excluding hydrogens is 478 g/mol. The maximum absolute atomic E-state index is 13.9. The molecule has 38 heavy (non-hydrogen) atoms. The van der Waals surface area contributed by atoms with Crippen LogP contribution in [0, 0.1) is 13.8 Å². The molecule has 1 atom stereocenters. The molecule has 0 radical (unpaired) electrons. The smallest absolute Gasteiger partial charge is 0.408 e. The zero-order chi connectivity index (χ0) is 27.9. The SMILES string of the molecule is CCCCN(C(=O)CNC(=O)OC(C)(C)C)C(C(=O)Nc1ccc2ccccc2c1)c1cc(C)ccc1C. The van der Waals surface area contributed by atoms with Gasteiger partial charge in [-0.3, -0.25) is 9.59 Å². The first-order chi connectivity index (χ1) is 18.0. The predicted octanol–water partition coefficient (Wildman–Crippen LogP) is 6.29. The van der Waals surface area contributed by atoms with E-state index in [9.17, 15) is 14.4 Å². The standard InChI is InChI=1S/C31H39N3O4/c1-7-8-17-34(27(35)20-32-30(37)38-31(4,5)6)28(26-18-21(2)13-14-22(26)3)29(36)33-25-16-15-23-11-9-10-12-24(23)19-25/h9-16,18-19,28H,7-8,17,20H2,1-6H3,(H,32,37)(H,33,36). The van der Waals surface area contributed by atoms with Crippen LogP contribution >= 0.6 is 0 Å². The lowest BCUT2D eigenvalue weighted by molar-refractivity contribution is -0.138. The summed E-state index contributed by atoms with van der Waals surface area (Å²) in [7, 11) is 0. The molecule has 0 aliphatic carbocycles. The molecule has 0 heterocycles. The van der Waals surface area contributed by atoms with Crippen molar-refractivity contribution >= 4 is 34.4 Å². The number of fused-ring (bicyclic) bond motifs is 1. The fourth-order valence-corrected chi connectivity index (χ4v) is 4.27. The van der Waals surface area contributed by atoms with Crippen LogP contribution in [-0.2, 0) is 14.3 Å². The van der Waals surface area contributed by atoms with Crippen molar-refractivity contribution in [2.45, 2.75) is 66.0 Å². The topological polar surface area (TPSA) is 87.7 Å². The number of hydrogen-bond donors (Lipinski definition) is 2. The minimum atomic E-state index is -0.874. The highest BCUT2D eigenvalue weighted by molar-refractivity contribution is 6.00. The zero-order valence-corrected chi connectivity index (χ0v) is 23.3. The molecule has 7 heteroatoms. The Hall–Kier alpha value is -3.87. The number of carbonyl (C=O) groups is 3. The van der Waals surface area contributed by atoms with Gasteiger partial charge in [-0.1, -0.05) is 67.4 Å². The molecule has 3 rings (SSSR count). The van der Waals surface area contributed by atoms with E-state index in [2.05, 4.69) is 10.6 Å². The number of unbranched alkanes of at least 4 members (excludes halogenated alkanes) is 1. The number of anilines is 1. The molecular formula is C31H39N3O4. The van der Waals surface area contributed by atoms with Gasteiger partial charge in [-0.25, -0.2) is 4.79 Å². The summed E-state index contributed by atoms with van der Waals surface area (Å²) in [6, 6.07) is 18.7. The third-order valence-corrected chi connectivity index (χ3v) is 6.16. The lowest BCUT2D eigenvalue weighted by Gasteiger charge is -2.32. The van der Waals surface area contributed by atoms with Crippen molar-refractivity contribution < 1.29 is 19.1 Å². The van der Waals surface area contributed by atoms with Gasteiger partial charge in [-0.2, -0.15) is 0 Å². The van der Waals surface area contributed by atoms with Crippen molar-refractivity contribution in [2.75, 3.05) is 18.4 Å². The van der Waals surface area contributed by atoms with E-state index in [4.69, 9.17) is 4.74 Å². The first kappa shape index (κ1) is 28.7. The normalized spacial score (nSPS) is 12.1. The first-order valence-electron chi connectivity index (χ1n) is 13.1. The fraction of sp³-hybridized carbons (Fsp3) is 0.387. The summed E-state index contributed by atoms with van der Waals surface area (Å²) in [4.78, 5) is 41.3. The summed E-state index contributed by atoms with van der Waals surface area (Å²) in [6.45, 7) is 11.3. The second-order valence-corrected chi connectivity index (χ2v) is 10.6. The van der Waals surface area contributed by atoms with E-state index in [-0.39, 0.29) is 18.4 Å². The quantitative estimate of drug-likeness (QED) is 0.349. The van der Waals surface area contributed by atoms with E-state index in [1.165, 1.54) is 0 Å². The van der Waals surface area contributed by atoms with Crippen molar-refractivity contribution in [3.8, 4) is 0 Å². The second-order valence-electron chi connectivity index (χ2n) is 10.6. The maximum atomic E-state index is 13.9. The van der Waals surface area contributed by atoms with Crippen LogP contribution in [0.5, 0.6) is 0 Å². The van der Waals surface area contributed by atoms with Gasteiger partial charge < -0.3 is 20.3 Å². The van der Waals surface area contributed by atoms with E-state index in [0.29, 0.717) is 18.7 Å². The Labute approximate surface area is 225 Å². The van der Waals surface area contributed by atoms with Crippen LogP contribution in [0.1, 0.15) is 63.3 Å². The van der Waals surface area contributed by atoms with Crippen LogP contribution < -0.4 is 10.6 Å². The van der Waals surface area contributed by atoms with Crippen molar-refractivity contribution in [3.05, 3.63) is 77.4 Å². The minimum Gasteiger partial charge on any atom is -0.444 e. The Morgan fingerprint density at radius 2 is 1.66 bits per heavy atom. The molecule has 3 amide bonds. The molecule has 0 saturated heterocycles. The number of alkyl carbamates (subject to hydrolysis) is 1. The van der Waals surface area contributed by atoms with Crippen LogP contribution in [0.25, 0.3) is 10.8 Å². The first-order valence-corrected chi connectivity index (χ1v) is 13.1. The summed E-state index contributed by atoms with van der Waals surface area (Å²) >= 11 is 0. The maximum Gasteiger partial charge on any atom is 0.408 e. The van der Waals surface area contributed by atoms with Crippen LogP contribution in [0.3, 0.4) is 0 Å². The molecule has 0 aromatic heterocycles. The summed E-state index contributed by atoms with van der Waals surface area (Å²) in [5, 5.41) is 7.68. The molecule has 0 fully saturated rings. The highest BCUT2D eigenvalue weighted by atomic mass is 16.6. The zero-order valence-electron chi connectivity index (χ0n) is 23.3. The predicted molar refractivity (Wildman–Crippen MR) is 152 cm³/mol. The molecule has 0 aliphatic heterocycles. The lowest BCUT2D eigenvalue weighted by Crippen LogP contribution is -2.47. The molecule has 1 unspecified atom stereocenters. The van der Waals surface area contributed by atoms with E-state index in [1.54, 1.807) is 25.7 Å². The fourth-order valence-electron chi connectivity index (χ4n) is 4.27. The molecule has 202 valence electrons. The van der Waals surface area contributed by atoms with Crippen molar-refractivity contribution in [1.29, 1.82) is 0 Å². The lowest BCUT2D eigenvalue weighted by atomic mass is 9.96. The molecule has 3 aromatic rings. The average Bonchev–Trinajstić information content (AvgIpc) is 2.85. The summed E-state index contributed by atoms with van der Waals surface area (Å²) < 4.78 is 5.29. The summed E-state index contributed by atoms with van der Waals surface area (Å²) in [5.41, 5.74) is 2.62. The molecule has 0 spiro atoms. The van der Waals surface area contributed by atoms with Crippen molar-refractivity contribution in [2.24, 2.45) is 0 Å². The molecule has 7 nitrogen and oxygen atoms in total. The molecule has 0 saturated carbocycles. The van der Waals surface area contributed by atoms with E-state index < -0.39 is 17.7 Å². The van der Waals surface area contributed by atoms with Crippen molar-refractivity contribution in [1.82, 2.24) is 10.2 Å². The van der Waals surface area contributed by atoms with Gasteiger partial charge in [-0.15, -0.1) is 0 Å². The number of benzene rings is 3. The number of rotatable bonds is 9. The Balaban J connectivity index is 1.95. The van der Waals surface area contributed by atoms with E-state index in [1.807, 2.05) is 81.4 Å². The number of amides is 3. The Morgan fingerprint density at radius 1 is 0.947 bits per heavy atom. The van der Waals surface area contributed by atoms with Gasteiger partial charge in [0, 0.05) is 12.2 Å². The van der Waals surface area contributed by atoms with Gasteiger partial charge >= 0.3 is 6.09 Å². The molecule has 0 bridgehead atoms. The van der Waals surface area contributed by atoms with Crippen LogP contribution in [0.2, 0.25) is 0 Å². The van der Waals surface area contributed by atoms with E-state index >= 15 is 0 Å². The van der Waals surface area contributed by atoms with E-state index in [0.717, 1.165) is 33.9 Å². The number of carbonyl (C=O) groups excluding carboxylic acids is 3. The van der Waals surface area contributed by atoms with Gasteiger partial charge in [0.1, 0.15) is 18.2 Å². The van der Waals surface area contributed by atoms with Gasteiger partial charge in [-0.05, 0) is 75.1 Å². The van der Waals surface area contributed by atoms with Crippen LogP contribution in [0.15, 0.2) is 60.7 Å². The van der Waals surface area contributed by atoms with Crippen molar-refractivity contribution in [3.63, 3.8) is 0 Å². The number of nitrogens with zero attached hydrogens (tertiary/aromatic N) is 1. The van der Waals surface area contributed by atoms with Crippen LogP contribution in [-0.4, -0.2) is 41.5 Å². The minimum absolute atomic E-state index is 0.275. The third-order valence-electron chi connectivity index (χ3n) is 6.16. The number of ether oxygens (including phenoxy) is 1. The number of hydrogen-bond acceptors (Lipinski definition) is 4. The second kappa shape index (κ2) is 12.6. The summed E-state index contributed by atoms with van der Waals surface area (Å²) in [5.74, 6) is -0.667. The van der Waals surface area contributed by atoms with Crippen LogP contribution in [0.4, 0.5) is 10.5 Å². The van der Waals surface area contributed by atoms with Gasteiger partial charge in [0.15, 0.2) is 0 Å². The Bertz CT molecular complexity index is 1300. The molecule has 0 aliphatic rings. The third kappa shape index (κ3) is 7.81. The number of aryl methyl sites for hydroxylation is 2.